The van der Waals surface area contributed by atoms with Crippen LogP contribution >= 0.6 is 24.0 Å². The van der Waals surface area contributed by atoms with E-state index in [1.807, 2.05) is 47.4 Å². The Hall–Kier alpha value is -1.65. The molecule has 1 aromatic heterocycles. The second-order valence-corrected chi connectivity index (χ2v) is 6.06. The molecule has 2 N–H and O–H groups in total. The summed E-state index contributed by atoms with van der Waals surface area (Å²) >= 11 is 0. The predicted octanol–water partition coefficient (Wildman–Crippen LogP) is 2.99. The number of nitrogens with one attached hydrogen (secondary N) is 2. The quantitative estimate of drug-likeness (QED) is 0.203. The van der Waals surface area contributed by atoms with Gasteiger partial charge in [0.25, 0.3) is 0 Å². The van der Waals surface area contributed by atoms with Crippen LogP contribution in [-0.4, -0.2) is 55.8 Å². The van der Waals surface area contributed by atoms with Gasteiger partial charge < -0.3 is 20.1 Å². The van der Waals surface area contributed by atoms with Crippen molar-refractivity contribution >= 4 is 29.9 Å². The Bertz CT molecular complexity index is 664. The molecule has 0 atom stereocenters. The Balaban J connectivity index is 0.00000392. The number of para-hydroxylation sites is 1. The minimum absolute atomic E-state index is 0. The number of ether oxygens (including phenoxy) is 2. The SMILES string of the molecule is CCCCOCCOCCNC(=NC)NCc1cnn(-c2ccccc2)c1.I. The molecule has 1 heterocycles. The zero-order valence-electron chi connectivity index (χ0n) is 16.8. The molecule has 0 spiro atoms. The molecule has 0 saturated carbocycles. The Morgan fingerprint density at radius 3 is 2.54 bits per heavy atom. The minimum Gasteiger partial charge on any atom is -0.379 e. The van der Waals surface area contributed by atoms with Crippen molar-refractivity contribution in [1.29, 1.82) is 0 Å². The number of nitrogens with zero attached hydrogens (tertiary/aromatic N) is 3. The summed E-state index contributed by atoms with van der Waals surface area (Å²) in [7, 11) is 1.76. The van der Waals surface area contributed by atoms with Gasteiger partial charge in [-0.25, -0.2) is 4.68 Å². The summed E-state index contributed by atoms with van der Waals surface area (Å²) in [6, 6.07) is 10.0. The summed E-state index contributed by atoms with van der Waals surface area (Å²) in [5, 5.41) is 10.9. The maximum atomic E-state index is 5.54. The lowest BCUT2D eigenvalue weighted by molar-refractivity contribution is 0.0487. The smallest absolute Gasteiger partial charge is 0.191 e. The van der Waals surface area contributed by atoms with Gasteiger partial charge in [-0.15, -0.1) is 24.0 Å². The molecule has 0 aliphatic carbocycles. The highest BCUT2D eigenvalue weighted by atomic mass is 127. The molecule has 156 valence electrons. The highest BCUT2D eigenvalue weighted by Gasteiger charge is 2.02. The monoisotopic (exact) mass is 501 g/mol. The third kappa shape index (κ3) is 9.52. The van der Waals surface area contributed by atoms with Crippen LogP contribution < -0.4 is 10.6 Å². The number of unbranched alkanes of at least 4 members (excludes halogenated alkanes) is 1. The number of guanidine groups is 1. The summed E-state index contributed by atoms with van der Waals surface area (Å²) in [6.45, 7) is 6.20. The zero-order chi connectivity index (χ0) is 19.2. The van der Waals surface area contributed by atoms with E-state index in [1.54, 1.807) is 7.05 Å². The first-order valence-corrected chi connectivity index (χ1v) is 9.52. The molecule has 2 rings (SSSR count). The van der Waals surface area contributed by atoms with Crippen LogP contribution in [0.4, 0.5) is 0 Å². The predicted molar refractivity (Wildman–Crippen MR) is 124 cm³/mol. The van der Waals surface area contributed by atoms with Gasteiger partial charge in [-0.05, 0) is 18.6 Å². The molecule has 0 fully saturated rings. The summed E-state index contributed by atoms with van der Waals surface area (Å²) in [4.78, 5) is 4.22. The summed E-state index contributed by atoms with van der Waals surface area (Å²) in [6.07, 6.45) is 6.13. The van der Waals surface area contributed by atoms with Crippen LogP contribution in [0.1, 0.15) is 25.3 Å². The molecule has 0 radical (unpaired) electrons. The van der Waals surface area contributed by atoms with Crippen LogP contribution in [0.25, 0.3) is 5.69 Å². The van der Waals surface area contributed by atoms with Crippen molar-refractivity contribution in [2.75, 3.05) is 40.0 Å². The van der Waals surface area contributed by atoms with E-state index in [0.717, 1.165) is 36.7 Å². The van der Waals surface area contributed by atoms with Crippen LogP contribution in [0.3, 0.4) is 0 Å². The van der Waals surface area contributed by atoms with E-state index < -0.39 is 0 Å². The Kier molecular flexibility index (Phi) is 13.3. The third-order valence-electron chi connectivity index (χ3n) is 3.89. The first-order valence-electron chi connectivity index (χ1n) is 9.52. The van der Waals surface area contributed by atoms with Crippen LogP contribution in [0.15, 0.2) is 47.7 Å². The zero-order valence-corrected chi connectivity index (χ0v) is 19.1. The fraction of sp³-hybridized carbons (Fsp3) is 0.500. The van der Waals surface area contributed by atoms with Gasteiger partial charge in [-0.2, -0.15) is 5.10 Å². The first kappa shape index (κ1) is 24.4. The normalized spacial score (nSPS) is 11.1. The standard InChI is InChI=1S/C20H31N5O2.HI/c1-3-4-11-26-13-14-27-12-10-22-20(21-2)23-15-18-16-24-25(17-18)19-8-6-5-7-9-19;/h5-9,16-17H,3-4,10-15H2,1-2H3,(H2,21,22,23);1H. The third-order valence-corrected chi connectivity index (χ3v) is 3.89. The van der Waals surface area contributed by atoms with Crippen LogP contribution in [0.5, 0.6) is 0 Å². The second-order valence-electron chi connectivity index (χ2n) is 6.06. The molecule has 28 heavy (non-hydrogen) atoms. The Labute approximate surface area is 184 Å². The van der Waals surface area contributed by atoms with Crippen molar-refractivity contribution in [3.63, 3.8) is 0 Å². The molecule has 8 heteroatoms. The Morgan fingerprint density at radius 1 is 1.07 bits per heavy atom. The number of aromatic nitrogens is 2. The van der Waals surface area contributed by atoms with E-state index in [0.29, 0.717) is 32.9 Å². The molecular weight excluding hydrogens is 469 g/mol. The van der Waals surface area contributed by atoms with E-state index in [1.165, 1.54) is 0 Å². The number of hydrogen-bond donors (Lipinski definition) is 2. The van der Waals surface area contributed by atoms with Crippen LogP contribution in [0.2, 0.25) is 0 Å². The molecule has 1 aromatic carbocycles. The van der Waals surface area contributed by atoms with Crippen molar-refractivity contribution in [1.82, 2.24) is 20.4 Å². The van der Waals surface area contributed by atoms with Crippen molar-refractivity contribution in [3.8, 4) is 5.69 Å². The van der Waals surface area contributed by atoms with E-state index in [4.69, 9.17) is 9.47 Å². The Morgan fingerprint density at radius 2 is 1.82 bits per heavy atom. The largest absolute Gasteiger partial charge is 0.379 e. The van der Waals surface area contributed by atoms with Crippen molar-refractivity contribution in [2.45, 2.75) is 26.3 Å². The number of aliphatic imine (C=N–C) groups is 1. The number of rotatable bonds is 12. The highest BCUT2D eigenvalue weighted by Crippen LogP contribution is 2.07. The van der Waals surface area contributed by atoms with E-state index in [2.05, 4.69) is 27.6 Å². The second kappa shape index (κ2) is 15.3. The molecule has 0 amide bonds. The topological polar surface area (TPSA) is 72.7 Å². The molecule has 0 unspecified atom stereocenters. The lowest BCUT2D eigenvalue weighted by Crippen LogP contribution is -2.38. The maximum Gasteiger partial charge on any atom is 0.191 e. The van der Waals surface area contributed by atoms with Gasteiger partial charge in [0, 0.05) is 38.5 Å². The van der Waals surface area contributed by atoms with E-state index in [-0.39, 0.29) is 24.0 Å². The average Bonchev–Trinajstić information content (AvgIpc) is 3.19. The van der Waals surface area contributed by atoms with Gasteiger partial charge in [0.05, 0.1) is 31.7 Å². The van der Waals surface area contributed by atoms with Gasteiger partial charge in [0.1, 0.15) is 0 Å². The van der Waals surface area contributed by atoms with Crippen LogP contribution in [0, 0.1) is 0 Å². The summed E-state index contributed by atoms with van der Waals surface area (Å²) < 4.78 is 12.9. The lowest BCUT2D eigenvalue weighted by Gasteiger charge is -2.11. The van der Waals surface area contributed by atoms with E-state index >= 15 is 0 Å². The molecular formula is C20H32IN5O2. The minimum atomic E-state index is 0. The molecule has 0 aliphatic rings. The summed E-state index contributed by atoms with van der Waals surface area (Å²) in [5.74, 6) is 0.741. The summed E-state index contributed by atoms with van der Waals surface area (Å²) in [5.41, 5.74) is 2.13. The van der Waals surface area contributed by atoms with Crippen molar-refractivity contribution in [2.24, 2.45) is 4.99 Å². The molecule has 0 saturated heterocycles. The first-order chi connectivity index (χ1) is 13.3. The fourth-order valence-corrected chi connectivity index (χ4v) is 2.39. The highest BCUT2D eigenvalue weighted by molar-refractivity contribution is 14.0. The van der Waals surface area contributed by atoms with Gasteiger partial charge in [-0.1, -0.05) is 31.5 Å². The number of hydrogen-bond acceptors (Lipinski definition) is 4. The lowest BCUT2D eigenvalue weighted by atomic mass is 10.3. The van der Waals surface area contributed by atoms with Gasteiger partial charge >= 0.3 is 0 Å². The van der Waals surface area contributed by atoms with Gasteiger partial charge in [-0.3, -0.25) is 4.99 Å². The fourth-order valence-electron chi connectivity index (χ4n) is 2.39. The maximum absolute atomic E-state index is 5.54. The molecule has 0 aliphatic heterocycles. The van der Waals surface area contributed by atoms with Crippen LogP contribution in [-0.2, 0) is 16.0 Å². The number of benzene rings is 1. The molecule has 0 bridgehead atoms. The average molecular weight is 501 g/mol. The number of halogens is 1. The van der Waals surface area contributed by atoms with Crippen molar-refractivity contribution in [3.05, 3.63) is 48.3 Å². The van der Waals surface area contributed by atoms with Crippen molar-refractivity contribution < 1.29 is 9.47 Å². The van der Waals surface area contributed by atoms with Gasteiger partial charge in [0.15, 0.2) is 5.96 Å². The van der Waals surface area contributed by atoms with Gasteiger partial charge in [0.2, 0.25) is 0 Å². The molecule has 2 aromatic rings. The van der Waals surface area contributed by atoms with E-state index in [9.17, 15) is 0 Å². The molecule has 7 nitrogen and oxygen atoms in total.